The average Bonchev–Trinajstić information content (AvgIpc) is 2.66. The normalized spacial score (nSPS) is 10.7. The average molecular weight is 342 g/mol. The van der Waals surface area contributed by atoms with Crippen molar-refractivity contribution in [3.8, 4) is 23.0 Å². The van der Waals surface area contributed by atoms with Crippen LogP contribution < -0.4 is 18.9 Å². The summed E-state index contributed by atoms with van der Waals surface area (Å²) in [5.74, 6) is 2.77. The molecule has 2 aromatic carbocycles. The van der Waals surface area contributed by atoms with E-state index in [-0.39, 0.29) is 0 Å². The maximum atomic E-state index is 5.68. The summed E-state index contributed by atoms with van der Waals surface area (Å²) in [4.78, 5) is 0. The Morgan fingerprint density at radius 1 is 0.800 bits per heavy atom. The Balaban J connectivity index is 2.13. The molecule has 0 heterocycles. The lowest BCUT2D eigenvalue weighted by atomic mass is 10.1. The Kier molecular flexibility index (Phi) is 7.20. The third-order valence-electron chi connectivity index (χ3n) is 3.80. The van der Waals surface area contributed by atoms with E-state index in [0.717, 1.165) is 36.3 Å². The van der Waals surface area contributed by atoms with Crippen molar-refractivity contribution in [3.63, 3.8) is 0 Å². The summed E-state index contributed by atoms with van der Waals surface area (Å²) in [5, 5.41) is 0. The summed E-state index contributed by atoms with van der Waals surface area (Å²) in [6.07, 6.45) is 6.26. The number of hydrogen-bond donors (Lipinski definition) is 0. The highest BCUT2D eigenvalue weighted by Crippen LogP contribution is 2.38. The van der Waals surface area contributed by atoms with Gasteiger partial charge in [-0.3, -0.25) is 0 Å². The van der Waals surface area contributed by atoms with E-state index in [1.807, 2.05) is 48.6 Å². The van der Waals surface area contributed by atoms with Crippen LogP contribution in [0.5, 0.6) is 23.0 Å². The van der Waals surface area contributed by atoms with E-state index in [1.165, 1.54) is 0 Å². The van der Waals surface area contributed by atoms with Crippen molar-refractivity contribution in [1.29, 1.82) is 0 Å². The molecular weight excluding hydrogens is 316 g/mol. The second-order valence-corrected chi connectivity index (χ2v) is 5.56. The minimum atomic E-state index is 0.593. The van der Waals surface area contributed by atoms with Crippen LogP contribution in [0.3, 0.4) is 0 Å². The van der Waals surface area contributed by atoms with E-state index < -0.39 is 0 Å². The van der Waals surface area contributed by atoms with Crippen molar-refractivity contribution in [2.45, 2.75) is 19.8 Å². The van der Waals surface area contributed by atoms with Gasteiger partial charge in [-0.1, -0.05) is 37.6 Å². The van der Waals surface area contributed by atoms with Gasteiger partial charge in [0.15, 0.2) is 11.5 Å². The predicted molar refractivity (Wildman–Crippen MR) is 102 cm³/mol. The molecular formula is C21H26O4. The van der Waals surface area contributed by atoms with Gasteiger partial charge in [0.1, 0.15) is 5.75 Å². The van der Waals surface area contributed by atoms with Crippen LogP contribution in [0.4, 0.5) is 0 Å². The fraction of sp³-hybridized carbons (Fsp3) is 0.333. The fourth-order valence-corrected chi connectivity index (χ4v) is 2.40. The van der Waals surface area contributed by atoms with Gasteiger partial charge < -0.3 is 18.9 Å². The first-order valence-corrected chi connectivity index (χ1v) is 8.42. The van der Waals surface area contributed by atoms with Crippen LogP contribution in [-0.4, -0.2) is 27.9 Å². The van der Waals surface area contributed by atoms with Crippen LogP contribution in [0.1, 0.15) is 30.9 Å². The van der Waals surface area contributed by atoms with Gasteiger partial charge in [-0.2, -0.15) is 0 Å². The maximum Gasteiger partial charge on any atom is 0.203 e. The number of benzene rings is 2. The SMILES string of the molecule is CCCCOc1ccc(C=Cc2cc(OC)c(OC)c(OC)c2)cc1. The second kappa shape index (κ2) is 9.62. The summed E-state index contributed by atoms with van der Waals surface area (Å²) in [6.45, 7) is 2.91. The Morgan fingerprint density at radius 3 is 1.92 bits per heavy atom. The summed E-state index contributed by atoms with van der Waals surface area (Å²) in [5.41, 5.74) is 2.06. The zero-order valence-corrected chi connectivity index (χ0v) is 15.4. The lowest BCUT2D eigenvalue weighted by Crippen LogP contribution is -1.96. The summed E-state index contributed by atoms with van der Waals surface area (Å²) < 4.78 is 21.8. The molecule has 4 nitrogen and oxygen atoms in total. The molecule has 0 aromatic heterocycles. The molecule has 0 bridgehead atoms. The van der Waals surface area contributed by atoms with Gasteiger partial charge in [0.25, 0.3) is 0 Å². The van der Waals surface area contributed by atoms with Crippen molar-refractivity contribution >= 4 is 12.2 Å². The highest BCUT2D eigenvalue weighted by Gasteiger charge is 2.11. The Bertz CT molecular complexity index is 665. The van der Waals surface area contributed by atoms with E-state index in [9.17, 15) is 0 Å². The molecule has 0 spiro atoms. The third-order valence-corrected chi connectivity index (χ3v) is 3.80. The summed E-state index contributed by atoms with van der Waals surface area (Å²) in [7, 11) is 4.82. The second-order valence-electron chi connectivity index (χ2n) is 5.56. The van der Waals surface area contributed by atoms with Gasteiger partial charge in [0.2, 0.25) is 5.75 Å². The van der Waals surface area contributed by atoms with Crippen LogP contribution in [0.2, 0.25) is 0 Å². The Morgan fingerprint density at radius 2 is 1.40 bits per heavy atom. The number of unbranched alkanes of at least 4 members (excludes halogenated alkanes) is 1. The number of hydrogen-bond acceptors (Lipinski definition) is 4. The van der Waals surface area contributed by atoms with E-state index in [2.05, 4.69) is 6.92 Å². The monoisotopic (exact) mass is 342 g/mol. The van der Waals surface area contributed by atoms with Crippen molar-refractivity contribution in [2.75, 3.05) is 27.9 Å². The van der Waals surface area contributed by atoms with Gasteiger partial charge in [-0.15, -0.1) is 0 Å². The summed E-state index contributed by atoms with van der Waals surface area (Å²) in [6, 6.07) is 11.9. The molecule has 0 unspecified atom stereocenters. The first-order valence-electron chi connectivity index (χ1n) is 8.42. The lowest BCUT2D eigenvalue weighted by molar-refractivity contribution is 0.309. The smallest absolute Gasteiger partial charge is 0.203 e. The fourth-order valence-electron chi connectivity index (χ4n) is 2.40. The van der Waals surface area contributed by atoms with Gasteiger partial charge in [0, 0.05) is 0 Å². The van der Waals surface area contributed by atoms with E-state index in [4.69, 9.17) is 18.9 Å². The topological polar surface area (TPSA) is 36.9 Å². The number of methoxy groups -OCH3 is 3. The molecule has 0 fully saturated rings. The Labute approximate surface area is 150 Å². The minimum absolute atomic E-state index is 0.593. The molecule has 0 amide bonds. The third kappa shape index (κ3) is 5.18. The molecule has 0 aliphatic rings. The number of rotatable bonds is 9. The van der Waals surface area contributed by atoms with Crippen LogP contribution in [-0.2, 0) is 0 Å². The first-order chi connectivity index (χ1) is 12.2. The van der Waals surface area contributed by atoms with E-state index in [0.29, 0.717) is 17.2 Å². The molecule has 25 heavy (non-hydrogen) atoms. The largest absolute Gasteiger partial charge is 0.494 e. The van der Waals surface area contributed by atoms with Crippen molar-refractivity contribution in [3.05, 3.63) is 47.5 Å². The van der Waals surface area contributed by atoms with Crippen molar-refractivity contribution < 1.29 is 18.9 Å². The molecule has 134 valence electrons. The molecule has 0 saturated heterocycles. The molecule has 0 radical (unpaired) electrons. The molecule has 0 aliphatic carbocycles. The van der Waals surface area contributed by atoms with Crippen molar-refractivity contribution in [1.82, 2.24) is 0 Å². The van der Waals surface area contributed by atoms with E-state index in [1.54, 1.807) is 21.3 Å². The molecule has 2 aromatic rings. The van der Waals surface area contributed by atoms with Crippen LogP contribution in [0.25, 0.3) is 12.2 Å². The van der Waals surface area contributed by atoms with Crippen LogP contribution >= 0.6 is 0 Å². The zero-order valence-electron chi connectivity index (χ0n) is 15.4. The molecule has 0 N–H and O–H groups in total. The van der Waals surface area contributed by atoms with Crippen LogP contribution in [0, 0.1) is 0 Å². The quantitative estimate of drug-likeness (QED) is 0.471. The first kappa shape index (κ1) is 18.7. The zero-order chi connectivity index (χ0) is 18.1. The van der Waals surface area contributed by atoms with Gasteiger partial charge in [0.05, 0.1) is 27.9 Å². The standard InChI is InChI=1S/C21H26O4/c1-5-6-13-25-18-11-9-16(10-12-18)7-8-17-14-19(22-2)21(24-4)20(15-17)23-3/h7-12,14-15H,5-6,13H2,1-4H3. The molecule has 0 saturated carbocycles. The van der Waals surface area contributed by atoms with Gasteiger partial charge in [-0.05, 0) is 41.8 Å². The summed E-state index contributed by atoms with van der Waals surface area (Å²) >= 11 is 0. The predicted octanol–water partition coefficient (Wildman–Crippen LogP) is 5.06. The molecule has 2 rings (SSSR count). The van der Waals surface area contributed by atoms with E-state index >= 15 is 0 Å². The van der Waals surface area contributed by atoms with Crippen molar-refractivity contribution in [2.24, 2.45) is 0 Å². The van der Waals surface area contributed by atoms with Crippen LogP contribution in [0.15, 0.2) is 36.4 Å². The van der Waals surface area contributed by atoms with Gasteiger partial charge in [-0.25, -0.2) is 0 Å². The minimum Gasteiger partial charge on any atom is -0.494 e. The molecule has 0 atom stereocenters. The highest BCUT2D eigenvalue weighted by molar-refractivity contribution is 5.72. The lowest BCUT2D eigenvalue weighted by Gasteiger charge is -2.12. The molecule has 0 aliphatic heterocycles. The molecule has 4 heteroatoms. The van der Waals surface area contributed by atoms with Gasteiger partial charge >= 0.3 is 0 Å². The Hall–Kier alpha value is -2.62. The highest BCUT2D eigenvalue weighted by atomic mass is 16.5. The maximum absolute atomic E-state index is 5.68. The number of ether oxygens (including phenoxy) is 4.